The van der Waals surface area contributed by atoms with Gasteiger partial charge in [-0.2, -0.15) is 0 Å². The SMILES string of the molecule is CCOc1cc2c(cc1CNS(=O)(=O)c1ccc3c(c1)OCCO3)O[C@@H](C)C2. The molecular weight excluding hydrogens is 382 g/mol. The molecule has 2 heterocycles. The molecule has 1 atom stereocenters. The zero-order valence-corrected chi connectivity index (χ0v) is 16.7. The van der Waals surface area contributed by atoms with Crippen molar-refractivity contribution in [1.82, 2.24) is 4.72 Å². The van der Waals surface area contributed by atoms with Gasteiger partial charge in [0.05, 0.1) is 11.5 Å². The molecule has 0 unspecified atom stereocenters. The first-order chi connectivity index (χ1) is 13.5. The van der Waals surface area contributed by atoms with Crippen molar-refractivity contribution in [2.24, 2.45) is 0 Å². The molecule has 4 rings (SSSR count). The number of hydrogen-bond donors (Lipinski definition) is 1. The molecular formula is C20H23NO6S. The monoisotopic (exact) mass is 405 g/mol. The third-order valence-electron chi connectivity index (χ3n) is 4.66. The predicted molar refractivity (Wildman–Crippen MR) is 103 cm³/mol. The van der Waals surface area contributed by atoms with Gasteiger partial charge in [0.15, 0.2) is 11.5 Å². The lowest BCUT2D eigenvalue weighted by atomic mass is 10.1. The molecule has 2 aromatic carbocycles. The Hall–Kier alpha value is -2.45. The molecule has 0 aliphatic carbocycles. The van der Waals surface area contributed by atoms with Crippen LogP contribution < -0.4 is 23.7 Å². The minimum absolute atomic E-state index is 0.0944. The summed E-state index contributed by atoms with van der Waals surface area (Å²) in [5, 5.41) is 0. The fourth-order valence-electron chi connectivity index (χ4n) is 3.36. The van der Waals surface area contributed by atoms with Crippen molar-refractivity contribution in [3.63, 3.8) is 0 Å². The standard InChI is InChI=1S/C20H23NO6S/c1-3-24-18-9-14-8-13(2)27-19(14)10-15(18)12-21-28(22,23)16-4-5-17-20(11-16)26-7-6-25-17/h4-5,9-11,13,21H,3,6-8,12H2,1-2H3/t13-/m0/s1. The van der Waals surface area contributed by atoms with Crippen LogP contribution in [0.3, 0.4) is 0 Å². The second-order valence-electron chi connectivity index (χ2n) is 6.76. The van der Waals surface area contributed by atoms with Gasteiger partial charge in [0.2, 0.25) is 10.0 Å². The Bertz CT molecular complexity index is 988. The van der Waals surface area contributed by atoms with Gasteiger partial charge in [0, 0.05) is 30.2 Å². The molecule has 0 bridgehead atoms. The first-order valence-electron chi connectivity index (χ1n) is 9.31. The zero-order chi connectivity index (χ0) is 19.7. The quantitative estimate of drug-likeness (QED) is 0.796. The van der Waals surface area contributed by atoms with Crippen LogP contribution in [0.25, 0.3) is 0 Å². The van der Waals surface area contributed by atoms with E-state index in [9.17, 15) is 8.42 Å². The molecule has 1 N–H and O–H groups in total. The lowest BCUT2D eigenvalue weighted by Crippen LogP contribution is -2.24. The lowest BCUT2D eigenvalue weighted by molar-refractivity contribution is 0.171. The van der Waals surface area contributed by atoms with E-state index in [0.29, 0.717) is 37.1 Å². The van der Waals surface area contributed by atoms with E-state index in [4.69, 9.17) is 18.9 Å². The molecule has 0 spiro atoms. The van der Waals surface area contributed by atoms with Crippen LogP contribution in [0.2, 0.25) is 0 Å². The second kappa shape index (κ2) is 7.52. The molecule has 0 saturated carbocycles. The predicted octanol–water partition coefficient (Wildman–Crippen LogP) is 2.66. The van der Waals surface area contributed by atoms with Gasteiger partial charge in [-0.15, -0.1) is 0 Å². The van der Waals surface area contributed by atoms with Gasteiger partial charge in [-0.25, -0.2) is 13.1 Å². The summed E-state index contributed by atoms with van der Waals surface area (Å²) in [6, 6.07) is 8.39. The van der Waals surface area contributed by atoms with E-state index in [1.165, 1.54) is 12.1 Å². The largest absolute Gasteiger partial charge is 0.494 e. The van der Waals surface area contributed by atoms with E-state index in [2.05, 4.69) is 4.72 Å². The van der Waals surface area contributed by atoms with Crippen molar-refractivity contribution in [3.8, 4) is 23.0 Å². The van der Waals surface area contributed by atoms with Crippen LogP contribution in [0.15, 0.2) is 35.2 Å². The van der Waals surface area contributed by atoms with Gasteiger partial charge in [0.25, 0.3) is 0 Å². The topological polar surface area (TPSA) is 83.1 Å². The van der Waals surface area contributed by atoms with Crippen molar-refractivity contribution in [2.45, 2.75) is 37.8 Å². The Balaban J connectivity index is 1.56. The summed E-state index contributed by atoms with van der Waals surface area (Å²) in [7, 11) is -3.73. The molecule has 2 aromatic rings. The molecule has 0 saturated heterocycles. The minimum atomic E-state index is -3.73. The molecule has 2 aliphatic rings. The average molecular weight is 405 g/mol. The summed E-state index contributed by atoms with van der Waals surface area (Å²) in [6.07, 6.45) is 0.924. The van der Waals surface area contributed by atoms with E-state index < -0.39 is 10.0 Å². The van der Waals surface area contributed by atoms with Gasteiger partial charge < -0.3 is 18.9 Å². The van der Waals surface area contributed by atoms with Crippen LogP contribution in [0.4, 0.5) is 0 Å². The molecule has 0 radical (unpaired) electrons. The van der Waals surface area contributed by atoms with Gasteiger partial charge >= 0.3 is 0 Å². The number of benzene rings is 2. The normalized spacial score (nSPS) is 17.7. The molecule has 0 fully saturated rings. The maximum atomic E-state index is 12.8. The number of rotatable bonds is 6. The van der Waals surface area contributed by atoms with Crippen LogP contribution >= 0.6 is 0 Å². The highest BCUT2D eigenvalue weighted by molar-refractivity contribution is 7.89. The van der Waals surface area contributed by atoms with Crippen LogP contribution in [0.1, 0.15) is 25.0 Å². The Kier molecular flexibility index (Phi) is 5.07. The fraction of sp³-hybridized carbons (Fsp3) is 0.400. The molecule has 150 valence electrons. The van der Waals surface area contributed by atoms with Crippen LogP contribution in [0, 0.1) is 0 Å². The summed E-state index contributed by atoms with van der Waals surface area (Å²) in [6.45, 7) is 5.35. The summed E-state index contributed by atoms with van der Waals surface area (Å²) >= 11 is 0. The number of hydrogen-bond acceptors (Lipinski definition) is 6. The molecule has 28 heavy (non-hydrogen) atoms. The summed E-state index contributed by atoms with van der Waals surface area (Å²) in [5.41, 5.74) is 1.81. The highest BCUT2D eigenvalue weighted by Gasteiger charge is 2.24. The maximum Gasteiger partial charge on any atom is 0.241 e. The van der Waals surface area contributed by atoms with Crippen molar-refractivity contribution in [1.29, 1.82) is 0 Å². The molecule has 8 heteroatoms. The number of nitrogens with one attached hydrogen (secondary N) is 1. The van der Waals surface area contributed by atoms with Gasteiger partial charge in [-0.05, 0) is 38.1 Å². The minimum Gasteiger partial charge on any atom is -0.494 e. The van der Waals surface area contributed by atoms with Crippen molar-refractivity contribution >= 4 is 10.0 Å². The first kappa shape index (κ1) is 18.9. The molecule has 0 aromatic heterocycles. The van der Waals surface area contributed by atoms with E-state index in [-0.39, 0.29) is 17.5 Å². The van der Waals surface area contributed by atoms with E-state index in [1.54, 1.807) is 6.07 Å². The highest BCUT2D eigenvalue weighted by Crippen LogP contribution is 2.36. The average Bonchev–Trinajstić information content (AvgIpc) is 3.05. The van der Waals surface area contributed by atoms with E-state index >= 15 is 0 Å². The van der Waals surface area contributed by atoms with E-state index in [0.717, 1.165) is 23.3 Å². The summed E-state index contributed by atoms with van der Waals surface area (Å²) in [4.78, 5) is 0.126. The van der Waals surface area contributed by atoms with Crippen LogP contribution in [-0.2, 0) is 23.0 Å². The van der Waals surface area contributed by atoms with Crippen molar-refractivity contribution in [3.05, 3.63) is 41.5 Å². The molecule has 7 nitrogen and oxygen atoms in total. The third-order valence-corrected chi connectivity index (χ3v) is 6.05. The summed E-state index contributed by atoms with van der Waals surface area (Å²) in [5.74, 6) is 2.44. The lowest BCUT2D eigenvalue weighted by Gasteiger charge is -2.19. The smallest absolute Gasteiger partial charge is 0.241 e. The number of fused-ring (bicyclic) bond motifs is 2. The fourth-order valence-corrected chi connectivity index (χ4v) is 4.38. The first-order valence-corrected chi connectivity index (χ1v) is 10.8. The Morgan fingerprint density at radius 2 is 1.89 bits per heavy atom. The maximum absolute atomic E-state index is 12.8. The van der Waals surface area contributed by atoms with Crippen molar-refractivity contribution < 1.29 is 27.4 Å². The van der Waals surface area contributed by atoms with Gasteiger partial charge in [-0.3, -0.25) is 0 Å². The second-order valence-corrected chi connectivity index (χ2v) is 8.53. The van der Waals surface area contributed by atoms with Gasteiger partial charge in [-0.1, -0.05) is 0 Å². The van der Waals surface area contributed by atoms with Crippen LogP contribution in [0.5, 0.6) is 23.0 Å². The zero-order valence-electron chi connectivity index (χ0n) is 15.9. The van der Waals surface area contributed by atoms with Gasteiger partial charge in [0.1, 0.15) is 30.8 Å². The third kappa shape index (κ3) is 3.74. The Labute approximate surface area is 164 Å². The van der Waals surface area contributed by atoms with Crippen molar-refractivity contribution in [2.75, 3.05) is 19.8 Å². The summed E-state index contributed by atoms with van der Waals surface area (Å²) < 4.78 is 50.6. The Morgan fingerprint density at radius 3 is 2.68 bits per heavy atom. The number of sulfonamides is 1. The molecule has 0 amide bonds. The van der Waals surface area contributed by atoms with E-state index in [1.807, 2.05) is 26.0 Å². The number of ether oxygens (including phenoxy) is 4. The highest BCUT2D eigenvalue weighted by atomic mass is 32.2. The Morgan fingerprint density at radius 1 is 1.11 bits per heavy atom. The van der Waals surface area contributed by atoms with Crippen LogP contribution in [-0.4, -0.2) is 34.3 Å². The molecule has 2 aliphatic heterocycles.